The van der Waals surface area contributed by atoms with E-state index in [-0.39, 0.29) is 11.9 Å². The van der Waals surface area contributed by atoms with E-state index < -0.39 is 0 Å². The molecule has 1 atom stereocenters. The molecule has 1 heterocycles. The van der Waals surface area contributed by atoms with Crippen molar-refractivity contribution in [3.05, 3.63) is 119 Å². The number of ether oxygens (including phenoxy) is 1. The second-order valence-electron chi connectivity index (χ2n) is 8.32. The van der Waals surface area contributed by atoms with Gasteiger partial charge in [0.25, 0.3) is 0 Å². The molecule has 0 aliphatic heterocycles. The van der Waals surface area contributed by atoms with E-state index in [9.17, 15) is 4.79 Å². The lowest BCUT2D eigenvalue weighted by atomic mass is 9.90. The smallest absolute Gasteiger partial charge is 0.163 e. The minimum atomic E-state index is -0.153. The fourth-order valence-electron chi connectivity index (χ4n) is 4.39. The van der Waals surface area contributed by atoms with E-state index in [2.05, 4.69) is 45.9 Å². The Hall–Kier alpha value is -3.66. The van der Waals surface area contributed by atoms with Crippen molar-refractivity contribution in [3.63, 3.8) is 0 Å². The van der Waals surface area contributed by atoms with E-state index in [1.807, 2.05) is 55.0 Å². The van der Waals surface area contributed by atoms with Gasteiger partial charge in [0.2, 0.25) is 0 Å². The van der Waals surface area contributed by atoms with Gasteiger partial charge < -0.3 is 9.30 Å². The van der Waals surface area contributed by atoms with Crippen LogP contribution in [0.25, 0.3) is 0 Å². The maximum Gasteiger partial charge on any atom is 0.163 e. The van der Waals surface area contributed by atoms with E-state index in [0.29, 0.717) is 12.8 Å². The van der Waals surface area contributed by atoms with Crippen LogP contribution in [-0.4, -0.2) is 15.3 Å². The molecule has 160 valence electrons. The van der Waals surface area contributed by atoms with Crippen LogP contribution < -0.4 is 4.74 Å². The lowest BCUT2D eigenvalue weighted by Crippen LogP contribution is -2.15. The number of fused-ring (bicyclic) bond motifs is 1. The second kappa shape index (κ2) is 9.23. The Morgan fingerprint density at radius 1 is 0.938 bits per heavy atom. The molecule has 0 saturated heterocycles. The average Bonchev–Trinajstić information content (AvgIpc) is 3.26. The van der Waals surface area contributed by atoms with Gasteiger partial charge in [-0.15, -0.1) is 0 Å². The highest BCUT2D eigenvalue weighted by molar-refractivity contribution is 5.98. The van der Waals surface area contributed by atoms with E-state index in [0.717, 1.165) is 47.5 Å². The summed E-state index contributed by atoms with van der Waals surface area (Å²) < 4.78 is 8.71. The molecule has 5 rings (SSSR count). The molecule has 1 unspecified atom stereocenters. The molecule has 32 heavy (non-hydrogen) atoms. The van der Waals surface area contributed by atoms with Crippen molar-refractivity contribution in [3.8, 4) is 5.75 Å². The van der Waals surface area contributed by atoms with Crippen molar-refractivity contribution in [1.29, 1.82) is 0 Å². The molecule has 0 saturated carbocycles. The average molecular weight is 423 g/mol. The van der Waals surface area contributed by atoms with Gasteiger partial charge in [0.15, 0.2) is 5.78 Å². The molecule has 1 aromatic heterocycles. The van der Waals surface area contributed by atoms with E-state index in [1.54, 1.807) is 0 Å². The highest BCUT2D eigenvalue weighted by Gasteiger charge is 2.20. The van der Waals surface area contributed by atoms with Crippen LogP contribution in [0.2, 0.25) is 0 Å². The molecular formula is C28H26N2O2. The summed E-state index contributed by atoms with van der Waals surface area (Å²) in [4.78, 5) is 16.6. The summed E-state index contributed by atoms with van der Waals surface area (Å²) in [6.07, 6.45) is 6.84. The van der Waals surface area contributed by atoms with Gasteiger partial charge >= 0.3 is 0 Å². The van der Waals surface area contributed by atoms with Crippen LogP contribution in [0.1, 0.15) is 51.7 Å². The SMILES string of the molecule is O=C1CCCc2cc(OC(Cc3cncn3Cc3ccccc3)c3ccccc3)ccc21. The van der Waals surface area contributed by atoms with Gasteiger partial charge in [-0.05, 0) is 47.7 Å². The summed E-state index contributed by atoms with van der Waals surface area (Å²) in [5.74, 6) is 1.05. The third-order valence-electron chi connectivity index (χ3n) is 6.07. The van der Waals surface area contributed by atoms with Gasteiger partial charge in [-0.2, -0.15) is 0 Å². The van der Waals surface area contributed by atoms with Crippen LogP contribution in [-0.2, 0) is 19.4 Å². The Balaban J connectivity index is 1.41. The third kappa shape index (κ3) is 4.50. The predicted octanol–water partition coefficient (Wildman–Crippen LogP) is 5.81. The number of benzene rings is 3. The van der Waals surface area contributed by atoms with Crippen molar-refractivity contribution in [1.82, 2.24) is 9.55 Å². The van der Waals surface area contributed by atoms with Crippen molar-refractivity contribution < 1.29 is 9.53 Å². The van der Waals surface area contributed by atoms with Crippen LogP contribution in [0.5, 0.6) is 5.75 Å². The zero-order chi connectivity index (χ0) is 21.8. The minimum Gasteiger partial charge on any atom is -0.485 e. The lowest BCUT2D eigenvalue weighted by molar-refractivity contribution is 0.0972. The largest absolute Gasteiger partial charge is 0.485 e. The van der Waals surface area contributed by atoms with Crippen LogP contribution in [0.4, 0.5) is 0 Å². The molecule has 4 heteroatoms. The normalized spacial score (nSPS) is 14.1. The first-order chi connectivity index (χ1) is 15.8. The number of aryl methyl sites for hydroxylation is 1. The first kappa shape index (κ1) is 20.3. The number of rotatable bonds is 7. The Morgan fingerprint density at radius 2 is 1.72 bits per heavy atom. The highest BCUT2D eigenvalue weighted by Crippen LogP contribution is 2.30. The van der Waals surface area contributed by atoms with Crippen LogP contribution in [0.3, 0.4) is 0 Å². The minimum absolute atomic E-state index is 0.153. The number of Topliss-reactive ketones (excluding diaryl/α,β-unsaturated/α-hetero) is 1. The number of carbonyl (C=O) groups excluding carboxylic acids is 1. The maximum absolute atomic E-state index is 12.2. The maximum atomic E-state index is 12.2. The number of imidazole rings is 1. The second-order valence-corrected chi connectivity index (χ2v) is 8.32. The Kier molecular flexibility index (Phi) is 5.84. The summed E-state index contributed by atoms with van der Waals surface area (Å²) in [5, 5.41) is 0. The third-order valence-corrected chi connectivity index (χ3v) is 6.07. The number of aromatic nitrogens is 2. The first-order valence-electron chi connectivity index (χ1n) is 11.2. The van der Waals surface area contributed by atoms with Crippen LogP contribution in [0.15, 0.2) is 91.4 Å². The van der Waals surface area contributed by atoms with E-state index in [4.69, 9.17) is 4.74 Å². The predicted molar refractivity (Wildman–Crippen MR) is 125 cm³/mol. The summed E-state index contributed by atoms with van der Waals surface area (Å²) in [7, 11) is 0. The fourth-order valence-corrected chi connectivity index (χ4v) is 4.39. The Bertz CT molecular complexity index is 1200. The number of carbonyl (C=O) groups is 1. The van der Waals surface area contributed by atoms with Crippen LogP contribution in [0, 0.1) is 0 Å². The zero-order valence-corrected chi connectivity index (χ0v) is 18.0. The summed E-state index contributed by atoms with van der Waals surface area (Å²) in [6.45, 7) is 0.776. The molecule has 0 radical (unpaired) electrons. The summed E-state index contributed by atoms with van der Waals surface area (Å²) in [5.41, 5.74) is 5.42. The lowest BCUT2D eigenvalue weighted by Gasteiger charge is -2.22. The molecule has 0 bridgehead atoms. The molecule has 3 aromatic carbocycles. The molecule has 4 aromatic rings. The number of ketones is 1. The van der Waals surface area contributed by atoms with Gasteiger partial charge in [0.05, 0.1) is 6.33 Å². The molecule has 0 amide bonds. The standard InChI is InChI=1S/C28H26N2O2/c31-27-13-7-12-23-16-25(14-15-26(23)27)32-28(22-10-5-2-6-11-22)17-24-18-29-20-30(24)19-21-8-3-1-4-9-21/h1-6,8-11,14-16,18,20,28H,7,12-13,17,19H2. The number of hydrogen-bond donors (Lipinski definition) is 0. The molecule has 0 spiro atoms. The fraction of sp³-hybridized carbons (Fsp3) is 0.214. The Labute approximate surface area is 188 Å². The molecule has 4 nitrogen and oxygen atoms in total. The summed E-state index contributed by atoms with van der Waals surface area (Å²) >= 11 is 0. The van der Waals surface area contributed by atoms with Crippen LogP contribution >= 0.6 is 0 Å². The number of hydrogen-bond acceptors (Lipinski definition) is 3. The van der Waals surface area contributed by atoms with Crippen molar-refractivity contribution in [2.24, 2.45) is 0 Å². The topological polar surface area (TPSA) is 44.1 Å². The molecule has 1 aliphatic rings. The van der Waals surface area contributed by atoms with Gasteiger partial charge in [0.1, 0.15) is 11.9 Å². The zero-order valence-electron chi connectivity index (χ0n) is 18.0. The molecule has 0 N–H and O–H groups in total. The van der Waals surface area contributed by atoms with E-state index >= 15 is 0 Å². The van der Waals surface area contributed by atoms with Crippen molar-refractivity contribution >= 4 is 5.78 Å². The Morgan fingerprint density at radius 3 is 2.53 bits per heavy atom. The molecular weight excluding hydrogens is 396 g/mol. The van der Waals surface area contributed by atoms with Crippen molar-refractivity contribution in [2.75, 3.05) is 0 Å². The number of nitrogens with zero attached hydrogens (tertiary/aromatic N) is 2. The van der Waals surface area contributed by atoms with E-state index in [1.165, 1.54) is 5.56 Å². The monoisotopic (exact) mass is 422 g/mol. The van der Waals surface area contributed by atoms with Gasteiger partial charge in [-0.25, -0.2) is 4.98 Å². The first-order valence-corrected chi connectivity index (χ1v) is 11.2. The molecule has 1 aliphatic carbocycles. The van der Waals surface area contributed by atoms with Gasteiger partial charge in [0, 0.05) is 36.8 Å². The summed E-state index contributed by atoms with van der Waals surface area (Å²) in [6, 6.07) is 26.6. The van der Waals surface area contributed by atoms with Crippen molar-refractivity contribution in [2.45, 2.75) is 38.3 Å². The molecule has 0 fully saturated rings. The quantitative estimate of drug-likeness (QED) is 0.377. The van der Waals surface area contributed by atoms with Gasteiger partial charge in [-0.3, -0.25) is 4.79 Å². The highest BCUT2D eigenvalue weighted by atomic mass is 16.5. The van der Waals surface area contributed by atoms with Gasteiger partial charge in [-0.1, -0.05) is 60.7 Å².